The zero-order valence-electron chi connectivity index (χ0n) is 25.2. The lowest BCUT2D eigenvalue weighted by Gasteiger charge is -2.36. The number of likely N-dealkylation sites (tertiary alicyclic amines) is 1. The summed E-state index contributed by atoms with van der Waals surface area (Å²) in [6.45, 7) is 10.9. The number of halogens is 1. The van der Waals surface area contributed by atoms with E-state index in [-0.39, 0.29) is 24.8 Å². The quantitative estimate of drug-likeness (QED) is 0.296. The molecule has 232 valence electrons. The maximum atomic E-state index is 14.1. The van der Waals surface area contributed by atoms with E-state index in [4.69, 9.17) is 22.1 Å². The third-order valence-electron chi connectivity index (χ3n) is 7.38. The maximum Gasteiger partial charge on any atom is 0.315 e. The third kappa shape index (κ3) is 9.04. The van der Waals surface area contributed by atoms with Gasteiger partial charge in [-0.3, -0.25) is 19.2 Å². The number of carbonyl (C=O) groups excluding carboxylic acids is 5. The first-order valence-corrected chi connectivity index (χ1v) is 14.6. The van der Waals surface area contributed by atoms with Gasteiger partial charge in [-0.25, -0.2) is 9.78 Å². The summed E-state index contributed by atoms with van der Waals surface area (Å²) >= 11 is 5.94. The van der Waals surface area contributed by atoms with Gasteiger partial charge in [0, 0.05) is 24.2 Å². The molecule has 12 nitrogen and oxygen atoms in total. The van der Waals surface area contributed by atoms with Crippen LogP contribution in [0.3, 0.4) is 0 Å². The lowest BCUT2D eigenvalue weighted by Crippen LogP contribution is -2.61. The van der Waals surface area contributed by atoms with Gasteiger partial charge in [-0.05, 0) is 44.6 Å². The molecule has 1 unspecified atom stereocenters. The second-order valence-corrected chi connectivity index (χ2v) is 13.7. The molecule has 5 amide bonds. The Morgan fingerprint density at radius 1 is 1.10 bits per heavy atom. The molecule has 3 rings (SSSR count). The lowest BCUT2D eigenvalue weighted by atomic mass is 9.80. The van der Waals surface area contributed by atoms with Gasteiger partial charge < -0.3 is 31.3 Å². The first kappa shape index (κ1) is 33.1. The number of rotatable bonds is 10. The van der Waals surface area contributed by atoms with Gasteiger partial charge >= 0.3 is 6.03 Å². The highest BCUT2D eigenvalue weighted by molar-refractivity contribution is 6.37. The van der Waals surface area contributed by atoms with Crippen molar-refractivity contribution in [2.24, 2.45) is 17.1 Å². The Morgan fingerprint density at radius 2 is 1.76 bits per heavy atom. The van der Waals surface area contributed by atoms with E-state index in [9.17, 15) is 24.0 Å². The fourth-order valence-electron chi connectivity index (χ4n) is 5.03. The van der Waals surface area contributed by atoms with E-state index in [0.717, 1.165) is 19.3 Å². The van der Waals surface area contributed by atoms with Crippen molar-refractivity contribution in [2.75, 3.05) is 6.54 Å². The molecule has 1 aromatic heterocycles. The van der Waals surface area contributed by atoms with Crippen molar-refractivity contribution in [2.45, 2.75) is 103 Å². The number of nitrogens with two attached hydrogens (primary N) is 1. The van der Waals surface area contributed by atoms with Gasteiger partial charge in [0.1, 0.15) is 18.2 Å². The summed E-state index contributed by atoms with van der Waals surface area (Å²) in [5.74, 6) is -2.64. The van der Waals surface area contributed by atoms with E-state index in [1.807, 2.05) is 41.5 Å². The largest absolute Gasteiger partial charge is 0.472 e. The number of urea groups is 1. The summed E-state index contributed by atoms with van der Waals surface area (Å²) in [5.41, 5.74) is 4.02. The Morgan fingerprint density at radius 3 is 2.26 bits per heavy atom. The second kappa shape index (κ2) is 13.3. The van der Waals surface area contributed by atoms with Crippen molar-refractivity contribution in [1.29, 1.82) is 0 Å². The van der Waals surface area contributed by atoms with Crippen LogP contribution in [0.4, 0.5) is 4.79 Å². The van der Waals surface area contributed by atoms with Gasteiger partial charge in [0.05, 0.1) is 17.6 Å². The molecular weight excluding hydrogens is 564 g/mol. The number of ketones is 1. The van der Waals surface area contributed by atoms with Crippen molar-refractivity contribution >= 4 is 41.1 Å². The average molecular weight is 607 g/mol. The highest BCUT2D eigenvalue weighted by Crippen LogP contribution is 2.32. The molecule has 1 aliphatic carbocycles. The van der Waals surface area contributed by atoms with Crippen molar-refractivity contribution in [1.82, 2.24) is 25.8 Å². The first-order valence-electron chi connectivity index (χ1n) is 14.3. The minimum absolute atomic E-state index is 0.0213. The summed E-state index contributed by atoms with van der Waals surface area (Å²) < 4.78 is 6.00. The number of primary amides is 1. The Bertz CT molecular complexity index is 1170. The normalized spacial score (nSPS) is 20.6. The summed E-state index contributed by atoms with van der Waals surface area (Å²) in [6.07, 6.45) is 3.99. The van der Waals surface area contributed by atoms with E-state index in [1.165, 1.54) is 11.1 Å². The van der Waals surface area contributed by atoms with Crippen LogP contribution in [0.2, 0.25) is 5.02 Å². The van der Waals surface area contributed by atoms with Crippen LogP contribution < -0.4 is 26.4 Å². The lowest BCUT2D eigenvalue weighted by molar-refractivity contribution is -0.143. The molecule has 0 spiro atoms. The molecule has 1 saturated heterocycles. The van der Waals surface area contributed by atoms with E-state index in [0.29, 0.717) is 11.4 Å². The van der Waals surface area contributed by atoms with Crippen LogP contribution in [-0.4, -0.2) is 75.7 Å². The van der Waals surface area contributed by atoms with E-state index in [2.05, 4.69) is 20.9 Å². The molecule has 0 radical (unpaired) electrons. The smallest absolute Gasteiger partial charge is 0.315 e. The molecule has 0 bridgehead atoms. The summed E-state index contributed by atoms with van der Waals surface area (Å²) in [7, 11) is 0. The summed E-state index contributed by atoms with van der Waals surface area (Å²) in [6, 6.07) is -0.471. The molecule has 1 aromatic rings. The monoisotopic (exact) mass is 606 g/mol. The number of pyridine rings is 1. The van der Waals surface area contributed by atoms with Crippen molar-refractivity contribution < 1.29 is 28.7 Å². The molecular formula is C29H43ClN6O6. The van der Waals surface area contributed by atoms with E-state index >= 15 is 0 Å². The van der Waals surface area contributed by atoms with E-state index in [1.54, 1.807) is 12.1 Å². The topological polar surface area (TPSA) is 173 Å². The molecule has 0 aromatic carbocycles. The standard InChI is InChI=1S/C29H43ClN6O6/c1-28(2,3)23(34-27(41)35-29(4,5)6)26(40)36-15-18(42-21-11-10-17(30)14-32-21)13-20(36)25(39)33-19(22(37)24(31)38)12-16-8-7-9-16/h10-11,14,16,18-20,23H,7-9,12-13,15H2,1-6H3,(H2,31,38)(H,33,39)(H2,34,35,41)/t18-,19?,20-,23+/m1/s1. The Labute approximate surface area is 251 Å². The van der Waals surface area contributed by atoms with Crippen molar-refractivity contribution in [3.8, 4) is 5.88 Å². The molecule has 13 heteroatoms. The van der Waals surface area contributed by atoms with Crippen LogP contribution in [-0.2, 0) is 19.2 Å². The Kier molecular flexibility index (Phi) is 10.5. The molecule has 1 saturated carbocycles. The number of amides is 5. The Balaban J connectivity index is 1.88. The van der Waals surface area contributed by atoms with Crippen LogP contribution in [0.15, 0.2) is 18.3 Å². The van der Waals surface area contributed by atoms with Gasteiger partial charge in [0.15, 0.2) is 0 Å². The number of carbonyl (C=O) groups is 5. The van der Waals surface area contributed by atoms with Gasteiger partial charge in [-0.15, -0.1) is 0 Å². The predicted molar refractivity (Wildman–Crippen MR) is 157 cm³/mol. The molecule has 2 heterocycles. The Hall–Kier alpha value is -3.41. The predicted octanol–water partition coefficient (Wildman–Crippen LogP) is 2.33. The zero-order valence-corrected chi connectivity index (χ0v) is 25.9. The fraction of sp³-hybridized carbons (Fsp3) is 0.655. The number of hydrogen-bond acceptors (Lipinski definition) is 7. The molecule has 42 heavy (non-hydrogen) atoms. The fourth-order valence-corrected chi connectivity index (χ4v) is 5.14. The van der Waals surface area contributed by atoms with E-state index < -0.39 is 64.7 Å². The minimum Gasteiger partial charge on any atom is -0.472 e. The molecule has 4 atom stereocenters. The molecule has 5 N–H and O–H groups in total. The van der Waals surface area contributed by atoms with Crippen LogP contribution >= 0.6 is 11.6 Å². The average Bonchev–Trinajstić information content (AvgIpc) is 3.26. The summed E-state index contributed by atoms with van der Waals surface area (Å²) in [5, 5.41) is 8.70. The first-order chi connectivity index (χ1) is 19.4. The van der Waals surface area contributed by atoms with Crippen LogP contribution in [0.1, 0.15) is 73.6 Å². The number of Topliss-reactive ketones (excluding diaryl/α,β-unsaturated/α-hetero) is 1. The van der Waals surface area contributed by atoms with Gasteiger partial charge in [0.2, 0.25) is 23.5 Å². The molecule has 2 aliphatic rings. The van der Waals surface area contributed by atoms with Crippen molar-refractivity contribution in [3.63, 3.8) is 0 Å². The third-order valence-corrected chi connectivity index (χ3v) is 7.61. The van der Waals surface area contributed by atoms with Crippen LogP contribution in [0.5, 0.6) is 5.88 Å². The van der Waals surface area contributed by atoms with Crippen LogP contribution in [0.25, 0.3) is 0 Å². The highest BCUT2D eigenvalue weighted by Gasteiger charge is 2.46. The number of aromatic nitrogens is 1. The van der Waals surface area contributed by atoms with Crippen molar-refractivity contribution in [3.05, 3.63) is 23.4 Å². The highest BCUT2D eigenvalue weighted by atomic mass is 35.5. The maximum absolute atomic E-state index is 14.1. The number of hydrogen-bond donors (Lipinski definition) is 4. The van der Waals surface area contributed by atoms with Gasteiger partial charge in [0.25, 0.3) is 5.91 Å². The minimum atomic E-state index is -1.13. The molecule has 2 fully saturated rings. The SMILES string of the molecule is CC(C)(C)NC(=O)N[C@@H](C(=O)N1C[C@H](Oc2ccc(Cl)cn2)C[C@@H]1C(=O)NC(CC1CCC1)C(=O)C(N)=O)C(C)(C)C. The number of ether oxygens (including phenoxy) is 1. The second-order valence-electron chi connectivity index (χ2n) is 13.3. The van der Waals surface area contributed by atoms with Gasteiger partial charge in [-0.2, -0.15) is 0 Å². The summed E-state index contributed by atoms with van der Waals surface area (Å²) in [4.78, 5) is 70.5. The molecule has 1 aliphatic heterocycles. The zero-order chi connectivity index (χ0) is 31.4. The number of nitrogens with zero attached hydrogens (tertiary/aromatic N) is 2. The van der Waals surface area contributed by atoms with Gasteiger partial charge in [-0.1, -0.05) is 51.6 Å². The van der Waals surface area contributed by atoms with Crippen LogP contribution in [0, 0.1) is 11.3 Å². The number of nitrogens with one attached hydrogen (secondary N) is 3.